The third-order valence-electron chi connectivity index (χ3n) is 3.64. The first kappa shape index (κ1) is 17.9. The number of carbonyl (C=O) groups is 1. The number of nitrogens with zero attached hydrogens (tertiary/aromatic N) is 1. The molecule has 0 aliphatic carbocycles. The molecule has 0 bridgehead atoms. The zero-order valence-electron chi connectivity index (χ0n) is 13.9. The van der Waals surface area contributed by atoms with Gasteiger partial charge in [-0.05, 0) is 23.8 Å². The van der Waals surface area contributed by atoms with E-state index in [1.165, 1.54) is 0 Å². The molecule has 26 heavy (non-hydrogen) atoms. The number of rotatable bonds is 6. The molecule has 4 nitrogen and oxygen atoms in total. The Labute approximate surface area is 160 Å². The zero-order chi connectivity index (χ0) is 18.2. The molecule has 0 fully saturated rings. The third kappa shape index (κ3) is 4.80. The summed E-state index contributed by atoms with van der Waals surface area (Å²) in [4.78, 5) is 12.4. The van der Waals surface area contributed by atoms with Crippen LogP contribution in [0.5, 0.6) is 5.75 Å². The lowest BCUT2D eigenvalue weighted by atomic mass is 10.2. The van der Waals surface area contributed by atoms with E-state index in [-0.39, 0.29) is 5.91 Å². The molecule has 3 rings (SSSR count). The lowest BCUT2D eigenvalue weighted by Gasteiger charge is -2.10. The van der Waals surface area contributed by atoms with Crippen LogP contribution in [0, 0.1) is 0 Å². The summed E-state index contributed by atoms with van der Waals surface area (Å²) in [5.74, 6) is 0.196. The van der Waals surface area contributed by atoms with Crippen LogP contribution in [0.3, 0.4) is 0 Å². The number of hydrazone groups is 1. The van der Waals surface area contributed by atoms with Gasteiger partial charge < -0.3 is 4.74 Å². The number of carbonyl (C=O) groups excluding carboxylic acids is 1. The fourth-order valence-corrected chi connectivity index (χ4v) is 2.70. The maximum absolute atomic E-state index is 12.4. The van der Waals surface area contributed by atoms with E-state index in [9.17, 15) is 4.79 Å². The van der Waals surface area contributed by atoms with Gasteiger partial charge in [-0.1, -0.05) is 76.6 Å². The Kier molecular flexibility index (Phi) is 6.17. The summed E-state index contributed by atoms with van der Waals surface area (Å²) >= 11 is 3.44. The van der Waals surface area contributed by atoms with Gasteiger partial charge in [0.2, 0.25) is 0 Å². The summed E-state index contributed by atoms with van der Waals surface area (Å²) in [6.07, 6.45) is 1.59. The molecule has 0 saturated carbocycles. The first-order valence-corrected chi connectivity index (χ1v) is 8.87. The van der Waals surface area contributed by atoms with Gasteiger partial charge in [-0.2, -0.15) is 5.10 Å². The summed E-state index contributed by atoms with van der Waals surface area (Å²) in [6, 6.07) is 24.6. The van der Waals surface area contributed by atoms with Gasteiger partial charge in [0.15, 0.2) is 0 Å². The van der Waals surface area contributed by atoms with E-state index < -0.39 is 0 Å². The molecule has 5 heteroatoms. The van der Waals surface area contributed by atoms with Crippen molar-refractivity contribution >= 4 is 28.1 Å². The number of nitrogens with one attached hydrogen (secondary N) is 1. The summed E-state index contributed by atoms with van der Waals surface area (Å²) in [5.41, 5.74) is 4.89. The molecule has 130 valence electrons. The van der Waals surface area contributed by atoms with Crippen molar-refractivity contribution in [2.45, 2.75) is 6.61 Å². The quantitative estimate of drug-likeness (QED) is 0.470. The molecule has 0 heterocycles. The molecule has 0 unspecified atom stereocenters. The second-order valence-corrected chi connectivity index (χ2v) is 6.35. The Bertz CT molecular complexity index is 911. The Morgan fingerprint density at radius 2 is 1.65 bits per heavy atom. The summed E-state index contributed by atoms with van der Waals surface area (Å²) in [6.45, 7) is 0.394. The Morgan fingerprint density at radius 1 is 0.962 bits per heavy atom. The zero-order valence-corrected chi connectivity index (χ0v) is 15.5. The van der Waals surface area contributed by atoms with Crippen molar-refractivity contribution in [3.63, 3.8) is 0 Å². The van der Waals surface area contributed by atoms with Gasteiger partial charge in [-0.15, -0.1) is 0 Å². The molecule has 0 aromatic heterocycles. The highest BCUT2D eigenvalue weighted by Gasteiger charge is 2.11. The Balaban J connectivity index is 1.67. The minimum Gasteiger partial charge on any atom is -0.488 e. The van der Waals surface area contributed by atoms with E-state index in [0.717, 1.165) is 15.6 Å². The topological polar surface area (TPSA) is 50.7 Å². The fraction of sp³-hybridized carbons (Fsp3) is 0.0476. The van der Waals surface area contributed by atoms with Crippen LogP contribution >= 0.6 is 15.9 Å². The predicted molar refractivity (Wildman–Crippen MR) is 106 cm³/mol. The first-order chi connectivity index (χ1) is 12.7. The van der Waals surface area contributed by atoms with Gasteiger partial charge in [0.25, 0.3) is 5.91 Å². The summed E-state index contributed by atoms with van der Waals surface area (Å²) in [7, 11) is 0. The van der Waals surface area contributed by atoms with Crippen molar-refractivity contribution in [2.24, 2.45) is 5.10 Å². The third-order valence-corrected chi connectivity index (χ3v) is 4.37. The number of ether oxygens (including phenoxy) is 1. The van der Waals surface area contributed by atoms with Crippen LogP contribution in [0.15, 0.2) is 88.4 Å². The molecule has 0 aliphatic rings. The van der Waals surface area contributed by atoms with Crippen LogP contribution < -0.4 is 10.2 Å². The molecule has 3 aromatic rings. The van der Waals surface area contributed by atoms with Crippen molar-refractivity contribution < 1.29 is 9.53 Å². The van der Waals surface area contributed by atoms with Gasteiger partial charge in [0.05, 0.1) is 11.8 Å². The van der Waals surface area contributed by atoms with E-state index in [4.69, 9.17) is 4.74 Å². The summed E-state index contributed by atoms with van der Waals surface area (Å²) in [5, 5.41) is 4.03. The molecule has 1 amide bonds. The number of para-hydroxylation sites is 1. The van der Waals surface area contributed by atoms with Gasteiger partial charge in [0.1, 0.15) is 12.4 Å². The van der Waals surface area contributed by atoms with Crippen LogP contribution in [0.1, 0.15) is 21.5 Å². The SMILES string of the molecule is O=C(N/N=C\c1ccccc1Br)c1ccccc1OCc1ccccc1. The minimum absolute atomic E-state index is 0.322. The highest BCUT2D eigenvalue weighted by atomic mass is 79.9. The lowest BCUT2D eigenvalue weighted by Crippen LogP contribution is -2.18. The van der Waals surface area contributed by atoms with Crippen molar-refractivity contribution in [2.75, 3.05) is 0 Å². The fourth-order valence-electron chi connectivity index (χ4n) is 2.32. The minimum atomic E-state index is -0.322. The monoisotopic (exact) mass is 408 g/mol. The number of hydrogen-bond acceptors (Lipinski definition) is 3. The highest BCUT2D eigenvalue weighted by Crippen LogP contribution is 2.19. The van der Waals surface area contributed by atoms with Gasteiger partial charge >= 0.3 is 0 Å². The largest absolute Gasteiger partial charge is 0.488 e. The molecule has 0 aliphatic heterocycles. The molecule has 1 N–H and O–H groups in total. The predicted octanol–water partition coefficient (Wildman–Crippen LogP) is 4.79. The van der Waals surface area contributed by atoms with Crippen LogP contribution in [-0.2, 0) is 6.61 Å². The van der Waals surface area contributed by atoms with Crippen molar-refractivity contribution in [3.8, 4) is 5.75 Å². The maximum atomic E-state index is 12.4. The van der Waals surface area contributed by atoms with E-state index in [0.29, 0.717) is 17.9 Å². The number of hydrogen-bond donors (Lipinski definition) is 1. The number of benzene rings is 3. The van der Waals surface area contributed by atoms with E-state index >= 15 is 0 Å². The maximum Gasteiger partial charge on any atom is 0.275 e. The molecule has 0 saturated heterocycles. The normalized spacial score (nSPS) is 10.7. The summed E-state index contributed by atoms with van der Waals surface area (Å²) < 4.78 is 6.71. The molecule has 0 radical (unpaired) electrons. The second-order valence-electron chi connectivity index (χ2n) is 5.49. The average molecular weight is 409 g/mol. The van der Waals surface area contributed by atoms with E-state index in [1.54, 1.807) is 24.4 Å². The van der Waals surface area contributed by atoms with Crippen LogP contribution in [0.4, 0.5) is 0 Å². The lowest BCUT2D eigenvalue weighted by molar-refractivity contribution is 0.0950. The van der Waals surface area contributed by atoms with Crippen molar-refractivity contribution in [3.05, 3.63) is 100 Å². The standard InChI is InChI=1S/C21H17BrN2O2/c22-19-12-6-4-10-17(19)14-23-24-21(25)18-11-5-7-13-20(18)26-15-16-8-2-1-3-9-16/h1-14H,15H2,(H,24,25)/b23-14-. The van der Waals surface area contributed by atoms with Crippen molar-refractivity contribution in [1.29, 1.82) is 0 Å². The van der Waals surface area contributed by atoms with Crippen LogP contribution in [0.25, 0.3) is 0 Å². The number of halogens is 1. The van der Waals surface area contributed by atoms with Gasteiger partial charge in [-0.25, -0.2) is 5.43 Å². The van der Waals surface area contributed by atoms with Gasteiger partial charge in [0, 0.05) is 10.0 Å². The Hall–Kier alpha value is -2.92. The van der Waals surface area contributed by atoms with E-state index in [1.807, 2.05) is 60.7 Å². The first-order valence-electron chi connectivity index (χ1n) is 8.08. The molecule has 0 atom stereocenters. The van der Waals surface area contributed by atoms with Crippen molar-refractivity contribution in [1.82, 2.24) is 5.43 Å². The smallest absolute Gasteiger partial charge is 0.275 e. The molecule has 0 spiro atoms. The number of amides is 1. The Morgan fingerprint density at radius 3 is 2.46 bits per heavy atom. The van der Waals surface area contributed by atoms with Crippen LogP contribution in [-0.4, -0.2) is 12.1 Å². The van der Waals surface area contributed by atoms with E-state index in [2.05, 4.69) is 26.5 Å². The molecular formula is C21H17BrN2O2. The highest BCUT2D eigenvalue weighted by molar-refractivity contribution is 9.10. The second kappa shape index (κ2) is 8.97. The van der Waals surface area contributed by atoms with Crippen LogP contribution in [0.2, 0.25) is 0 Å². The molecular weight excluding hydrogens is 392 g/mol. The average Bonchev–Trinajstić information content (AvgIpc) is 2.69. The van der Waals surface area contributed by atoms with Gasteiger partial charge in [-0.3, -0.25) is 4.79 Å². The molecule has 3 aromatic carbocycles.